The van der Waals surface area contributed by atoms with Crippen LogP contribution < -0.4 is 0 Å². The fraction of sp³-hybridized carbons (Fsp3) is 0.722. The molecule has 4 saturated carbocycles. The summed E-state index contributed by atoms with van der Waals surface area (Å²) in [4.78, 5) is 6.52. The fourth-order valence-corrected chi connectivity index (χ4v) is 6.96. The highest BCUT2D eigenvalue weighted by molar-refractivity contribution is 7.12. The van der Waals surface area contributed by atoms with Gasteiger partial charge in [-0.2, -0.15) is 5.06 Å². The molecule has 0 amide bonds. The van der Waals surface area contributed by atoms with Gasteiger partial charge in [-0.05, 0) is 69.2 Å². The van der Waals surface area contributed by atoms with Crippen LogP contribution in [0.25, 0.3) is 0 Å². The minimum atomic E-state index is -0.389. The van der Waals surface area contributed by atoms with Crippen LogP contribution in [0, 0.1) is 23.7 Å². The Hall–Kier alpha value is -0.710. The van der Waals surface area contributed by atoms with E-state index in [1.807, 2.05) is 0 Å². The van der Waals surface area contributed by atoms with Gasteiger partial charge >= 0.3 is 0 Å². The van der Waals surface area contributed by atoms with Crippen molar-refractivity contribution in [3.63, 3.8) is 0 Å². The SMILES string of the molecule is CC1(C)C(c2cccs2)=NC2(C3CC4CC(C3)CC2C4)N1O. The molecule has 0 radical (unpaired) electrons. The largest absolute Gasteiger partial charge is 0.311 e. The highest BCUT2D eigenvalue weighted by atomic mass is 32.1. The van der Waals surface area contributed by atoms with Crippen LogP contribution in [0.15, 0.2) is 22.5 Å². The maximum absolute atomic E-state index is 11.2. The Labute approximate surface area is 136 Å². The molecule has 4 heteroatoms. The number of nitrogens with zero attached hydrogens (tertiary/aromatic N) is 2. The summed E-state index contributed by atoms with van der Waals surface area (Å²) in [6, 6.07) is 4.23. The number of thiophene rings is 1. The van der Waals surface area contributed by atoms with Crippen LogP contribution in [0.3, 0.4) is 0 Å². The van der Waals surface area contributed by atoms with Gasteiger partial charge in [0.2, 0.25) is 0 Å². The lowest BCUT2D eigenvalue weighted by molar-refractivity contribution is -0.267. The van der Waals surface area contributed by atoms with E-state index >= 15 is 0 Å². The lowest BCUT2D eigenvalue weighted by Crippen LogP contribution is -2.65. The zero-order valence-electron chi connectivity index (χ0n) is 13.3. The average Bonchev–Trinajstić information content (AvgIpc) is 3.05. The number of hydrogen-bond acceptors (Lipinski definition) is 4. The van der Waals surface area contributed by atoms with Crippen LogP contribution in [0.1, 0.15) is 50.8 Å². The predicted octanol–water partition coefficient (Wildman–Crippen LogP) is 4.17. The van der Waals surface area contributed by atoms with Crippen molar-refractivity contribution in [2.75, 3.05) is 0 Å². The predicted molar refractivity (Wildman–Crippen MR) is 88.3 cm³/mol. The molecule has 4 aliphatic carbocycles. The van der Waals surface area contributed by atoms with E-state index in [2.05, 4.69) is 31.4 Å². The Morgan fingerprint density at radius 1 is 1.14 bits per heavy atom. The van der Waals surface area contributed by atoms with Gasteiger partial charge in [0.05, 0.1) is 16.1 Å². The molecule has 6 rings (SSSR count). The summed E-state index contributed by atoms with van der Waals surface area (Å²) in [6.07, 6.45) is 6.49. The van der Waals surface area contributed by atoms with E-state index < -0.39 is 0 Å². The van der Waals surface area contributed by atoms with E-state index in [0.29, 0.717) is 11.8 Å². The molecule has 22 heavy (non-hydrogen) atoms. The minimum Gasteiger partial charge on any atom is -0.311 e. The molecule has 0 saturated heterocycles. The molecule has 1 aliphatic heterocycles. The molecular weight excluding hydrogens is 292 g/mol. The first-order valence-corrected chi connectivity index (χ1v) is 9.53. The zero-order valence-corrected chi connectivity index (χ0v) is 14.1. The first-order valence-electron chi connectivity index (χ1n) is 8.65. The summed E-state index contributed by atoms with van der Waals surface area (Å²) in [6.45, 7) is 4.26. The number of aliphatic imine (C=N–C) groups is 1. The van der Waals surface area contributed by atoms with Gasteiger partial charge in [-0.3, -0.25) is 4.99 Å². The molecule has 1 aromatic rings. The van der Waals surface area contributed by atoms with E-state index in [9.17, 15) is 5.21 Å². The summed E-state index contributed by atoms with van der Waals surface area (Å²) >= 11 is 1.74. The number of rotatable bonds is 1. The van der Waals surface area contributed by atoms with Crippen molar-refractivity contribution >= 4 is 17.0 Å². The van der Waals surface area contributed by atoms with Gasteiger partial charge in [0.1, 0.15) is 5.66 Å². The van der Waals surface area contributed by atoms with Crippen LogP contribution in [-0.4, -0.2) is 27.2 Å². The van der Waals surface area contributed by atoms with Crippen molar-refractivity contribution in [2.24, 2.45) is 28.7 Å². The third-order valence-corrected chi connectivity index (χ3v) is 7.71. The van der Waals surface area contributed by atoms with E-state index in [-0.39, 0.29) is 11.2 Å². The van der Waals surface area contributed by atoms with Crippen molar-refractivity contribution in [3.05, 3.63) is 22.4 Å². The smallest absolute Gasteiger partial charge is 0.142 e. The van der Waals surface area contributed by atoms with Crippen LogP contribution in [0.2, 0.25) is 0 Å². The monoisotopic (exact) mass is 316 g/mol. The highest BCUT2D eigenvalue weighted by Crippen LogP contribution is 2.63. The summed E-state index contributed by atoms with van der Waals surface area (Å²) < 4.78 is 0. The maximum atomic E-state index is 11.2. The van der Waals surface area contributed by atoms with Crippen molar-refractivity contribution in [1.82, 2.24) is 5.06 Å². The van der Waals surface area contributed by atoms with Gasteiger partial charge in [-0.1, -0.05) is 6.07 Å². The Morgan fingerprint density at radius 2 is 1.77 bits per heavy atom. The molecule has 0 aromatic carbocycles. The van der Waals surface area contributed by atoms with E-state index in [1.165, 1.54) is 37.0 Å². The molecule has 1 N–H and O–H groups in total. The first kappa shape index (κ1) is 13.7. The molecule has 1 spiro atoms. The molecule has 3 nitrogen and oxygen atoms in total. The number of hydrogen-bond donors (Lipinski definition) is 1. The van der Waals surface area contributed by atoms with Crippen molar-refractivity contribution in [1.29, 1.82) is 0 Å². The zero-order chi connectivity index (χ0) is 15.1. The minimum absolute atomic E-state index is 0.337. The van der Waals surface area contributed by atoms with Crippen molar-refractivity contribution < 1.29 is 5.21 Å². The second kappa shape index (κ2) is 4.22. The molecule has 118 valence electrons. The standard InChI is InChI=1S/C18H24N2OS/c1-17(2)16(15-4-3-5-22-15)19-18(20(17)21)13-7-11-6-12(9-13)10-14(18)8-11/h3-5,11-14,21H,6-10H2,1-2H3. The van der Waals surface area contributed by atoms with Gasteiger partial charge in [0.15, 0.2) is 0 Å². The Morgan fingerprint density at radius 3 is 2.32 bits per heavy atom. The Balaban J connectivity index is 1.66. The summed E-state index contributed by atoms with van der Waals surface area (Å²) in [5.74, 6) is 2.88. The van der Waals surface area contributed by atoms with E-state index in [1.54, 1.807) is 16.4 Å². The summed E-state index contributed by atoms with van der Waals surface area (Å²) in [5.41, 5.74) is 0.369. The topological polar surface area (TPSA) is 35.8 Å². The van der Waals surface area contributed by atoms with Gasteiger partial charge in [0, 0.05) is 11.8 Å². The third-order valence-electron chi connectivity index (χ3n) is 6.83. The average molecular weight is 316 g/mol. The normalized spacial score (nSPS) is 45.7. The van der Waals surface area contributed by atoms with Gasteiger partial charge in [-0.25, -0.2) is 0 Å². The lowest BCUT2D eigenvalue weighted by atomic mass is 9.51. The fourth-order valence-electron chi connectivity index (χ4n) is 6.09. The summed E-state index contributed by atoms with van der Waals surface area (Å²) in [5, 5.41) is 15.0. The molecular formula is C18H24N2OS. The van der Waals surface area contributed by atoms with E-state index in [0.717, 1.165) is 17.5 Å². The Bertz CT molecular complexity index is 606. The molecule has 0 unspecified atom stereocenters. The second-order valence-electron chi connectivity index (χ2n) is 8.40. The second-order valence-corrected chi connectivity index (χ2v) is 9.34. The molecule has 2 heterocycles. The first-order chi connectivity index (χ1) is 10.5. The number of hydroxylamine groups is 2. The van der Waals surface area contributed by atoms with Crippen LogP contribution in [0.4, 0.5) is 0 Å². The molecule has 4 bridgehead atoms. The molecule has 4 fully saturated rings. The van der Waals surface area contributed by atoms with Crippen LogP contribution >= 0.6 is 11.3 Å². The Kier molecular flexibility index (Phi) is 2.63. The molecule has 0 atom stereocenters. The summed E-state index contributed by atoms with van der Waals surface area (Å²) in [7, 11) is 0. The maximum Gasteiger partial charge on any atom is 0.142 e. The van der Waals surface area contributed by atoms with E-state index in [4.69, 9.17) is 4.99 Å². The van der Waals surface area contributed by atoms with Gasteiger partial charge in [0.25, 0.3) is 0 Å². The molecule has 5 aliphatic rings. The molecule has 1 aromatic heterocycles. The van der Waals surface area contributed by atoms with Crippen molar-refractivity contribution in [3.8, 4) is 0 Å². The quantitative estimate of drug-likeness (QED) is 0.844. The lowest BCUT2D eigenvalue weighted by Gasteiger charge is -2.60. The van der Waals surface area contributed by atoms with Gasteiger partial charge in [-0.15, -0.1) is 11.3 Å². The third kappa shape index (κ3) is 1.51. The van der Waals surface area contributed by atoms with Crippen LogP contribution in [-0.2, 0) is 0 Å². The highest BCUT2D eigenvalue weighted by Gasteiger charge is 2.66. The van der Waals surface area contributed by atoms with Crippen molar-refractivity contribution in [2.45, 2.75) is 57.2 Å². The van der Waals surface area contributed by atoms with Gasteiger partial charge < -0.3 is 5.21 Å². The van der Waals surface area contributed by atoms with Crippen LogP contribution in [0.5, 0.6) is 0 Å².